The number of aliphatic carboxylic acids is 1. The van der Waals surface area contributed by atoms with Crippen LogP contribution < -0.4 is 0 Å². The molecule has 0 amide bonds. The fraction of sp³-hybridized carbons (Fsp3) is 0.867. The van der Waals surface area contributed by atoms with Crippen molar-refractivity contribution in [1.82, 2.24) is 0 Å². The molecular weight excluding hydrogens is 324 g/mol. The van der Waals surface area contributed by atoms with E-state index in [0.717, 1.165) is 19.3 Å². The Labute approximate surface area is 138 Å². The van der Waals surface area contributed by atoms with Crippen molar-refractivity contribution >= 4 is 22.1 Å². The fourth-order valence-corrected chi connectivity index (χ4v) is 2.81. The standard InChI is InChI=1S/C15H28O7S/c1-2-3-4-5-6-7-8-9-10-11-22-15(18)13(12-14(16)17)23(19,20)21/h13H,2-12H2,1H3,(H,16,17)(H,19,20,21). The maximum absolute atomic E-state index is 11.5. The van der Waals surface area contributed by atoms with Crippen LogP contribution in [-0.4, -0.2) is 41.9 Å². The van der Waals surface area contributed by atoms with Crippen molar-refractivity contribution in [1.29, 1.82) is 0 Å². The van der Waals surface area contributed by atoms with Crippen LogP contribution in [0, 0.1) is 0 Å². The Morgan fingerprint density at radius 1 is 0.957 bits per heavy atom. The highest BCUT2D eigenvalue weighted by Crippen LogP contribution is 2.11. The molecule has 23 heavy (non-hydrogen) atoms. The van der Waals surface area contributed by atoms with Crippen LogP contribution in [0.3, 0.4) is 0 Å². The molecule has 2 N–H and O–H groups in total. The van der Waals surface area contributed by atoms with Gasteiger partial charge >= 0.3 is 11.9 Å². The van der Waals surface area contributed by atoms with Crippen molar-refractivity contribution in [3.05, 3.63) is 0 Å². The van der Waals surface area contributed by atoms with E-state index in [2.05, 4.69) is 6.92 Å². The number of carboxylic acid groups (broad SMARTS) is 1. The first-order valence-electron chi connectivity index (χ1n) is 8.13. The van der Waals surface area contributed by atoms with Crippen molar-refractivity contribution in [2.24, 2.45) is 0 Å². The van der Waals surface area contributed by atoms with Crippen LogP contribution in [0.4, 0.5) is 0 Å². The van der Waals surface area contributed by atoms with E-state index < -0.39 is 33.7 Å². The molecule has 0 aromatic rings. The zero-order valence-electron chi connectivity index (χ0n) is 13.7. The summed E-state index contributed by atoms with van der Waals surface area (Å²) in [5.74, 6) is -2.71. The van der Waals surface area contributed by atoms with Gasteiger partial charge in [-0.05, 0) is 6.42 Å². The minimum Gasteiger partial charge on any atom is -0.481 e. The molecule has 0 aliphatic rings. The number of hydrogen-bond acceptors (Lipinski definition) is 5. The molecule has 0 rings (SSSR count). The predicted octanol–water partition coefficient (Wildman–Crippen LogP) is 2.79. The summed E-state index contributed by atoms with van der Waals surface area (Å²) in [7, 11) is -4.78. The molecular formula is C15H28O7S. The lowest BCUT2D eigenvalue weighted by Crippen LogP contribution is -2.34. The first kappa shape index (κ1) is 21.9. The zero-order chi connectivity index (χ0) is 17.7. The lowest BCUT2D eigenvalue weighted by atomic mass is 10.1. The van der Waals surface area contributed by atoms with Gasteiger partial charge in [0.25, 0.3) is 10.1 Å². The first-order chi connectivity index (χ1) is 10.8. The topological polar surface area (TPSA) is 118 Å². The molecule has 8 heteroatoms. The number of carbonyl (C=O) groups excluding carboxylic acids is 1. The number of unbranched alkanes of at least 4 members (excludes halogenated alkanes) is 8. The predicted molar refractivity (Wildman–Crippen MR) is 85.8 cm³/mol. The SMILES string of the molecule is CCCCCCCCCCCOC(=O)C(CC(=O)O)S(=O)(=O)O. The van der Waals surface area contributed by atoms with E-state index in [0.29, 0.717) is 6.42 Å². The molecule has 1 unspecified atom stereocenters. The van der Waals surface area contributed by atoms with Crippen molar-refractivity contribution in [3.63, 3.8) is 0 Å². The highest BCUT2D eigenvalue weighted by molar-refractivity contribution is 7.87. The lowest BCUT2D eigenvalue weighted by molar-refractivity contribution is -0.147. The van der Waals surface area contributed by atoms with E-state index in [1.165, 1.54) is 32.1 Å². The van der Waals surface area contributed by atoms with Crippen molar-refractivity contribution in [2.45, 2.75) is 76.4 Å². The highest BCUT2D eigenvalue weighted by Gasteiger charge is 2.34. The Hall–Kier alpha value is -1.15. The van der Waals surface area contributed by atoms with Crippen molar-refractivity contribution in [3.8, 4) is 0 Å². The van der Waals surface area contributed by atoms with Crippen LogP contribution in [0.5, 0.6) is 0 Å². The summed E-state index contributed by atoms with van der Waals surface area (Å²) in [6.07, 6.45) is 8.73. The highest BCUT2D eigenvalue weighted by atomic mass is 32.2. The average Bonchev–Trinajstić information content (AvgIpc) is 2.45. The van der Waals surface area contributed by atoms with Gasteiger partial charge in [-0.25, -0.2) is 0 Å². The molecule has 0 aromatic heterocycles. The second kappa shape index (κ2) is 12.3. The summed E-state index contributed by atoms with van der Waals surface area (Å²) in [5.41, 5.74) is 0. The number of hydrogen-bond donors (Lipinski definition) is 2. The molecule has 0 aromatic carbocycles. The maximum Gasteiger partial charge on any atom is 0.327 e. The van der Waals surface area contributed by atoms with Gasteiger partial charge in [-0.15, -0.1) is 0 Å². The summed E-state index contributed by atoms with van der Waals surface area (Å²) in [6.45, 7) is 2.20. The molecule has 136 valence electrons. The third kappa shape index (κ3) is 12.0. The van der Waals surface area contributed by atoms with Crippen LogP contribution in [-0.2, 0) is 24.4 Å². The number of rotatable bonds is 14. The van der Waals surface area contributed by atoms with Gasteiger partial charge in [0.15, 0.2) is 5.25 Å². The Morgan fingerprint density at radius 2 is 1.43 bits per heavy atom. The molecule has 1 atom stereocenters. The van der Waals surface area contributed by atoms with Gasteiger partial charge in [0.1, 0.15) is 0 Å². The van der Waals surface area contributed by atoms with Crippen LogP contribution >= 0.6 is 0 Å². The summed E-state index contributed by atoms with van der Waals surface area (Å²) < 4.78 is 35.6. The third-order valence-electron chi connectivity index (χ3n) is 3.47. The average molecular weight is 352 g/mol. The molecule has 0 spiro atoms. The van der Waals surface area contributed by atoms with Crippen LogP contribution in [0.1, 0.15) is 71.1 Å². The lowest BCUT2D eigenvalue weighted by Gasteiger charge is -2.11. The van der Waals surface area contributed by atoms with E-state index in [-0.39, 0.29) is 6.61 Å². The summed E-state index contributed by atoms with van der Waals surface area (Å²) >= 11 is 0. The number of ether oxygens (including phenoxy) is 1. The van der Waals surface area contributed by atoms with Gasteiger partial charge in [0, 0.05) is 0 Å². The zero-order valence-corrected chi connectivity index (χ0v) is 14.5. The molecule has 0 aliphatic carbocycles. The number of carboxylic acids is 1. The van der Waals surface area contributed by atoms with E-state index in [4.69, 9.17) is 14.4 Å². The Balaban J connectivity index is 3.82. The Morgan fingerprint density at radius 3 is 1.87 bits per heavy atom. The summed E-state index contributed by atoms with van der Waals surface area (Å²) in [6, 6.07) is 0. The first-order valence-corrected chi connectivity index (χ1v) is 9.64. The van der Waals surface area contributed by atoms with Gasteiger partial charge in [0.2, 0.25) is 0 Å². The van der Waals surface area contributed by atoms with Crippen molar-refractivity contribution in [2.75, 3.05) is 6.61 Å². The van der Waals surface area contributed by atoms with Crippen LogP contribution in [0.15, 0.2) is 0 Å². The molecule has 0 heterocycles. The fourth-order valence-electron chi connectivity index (χ4n) is 2.15. The van der Waals surface area contributed by atoms with Gasteiger partial charge in [-0.3, -0.25) is 14.1 Å². The van der Waals surface area contributed by atoms with E-state index in [1.807, 2.05) is 0 Å². The maximum atomic E-state index is 11.5. The molecule has 0 aliphatic heterocycles. The molecule has 0 bridgehead atoms. The smallest absolute Gasteiger partial charge is 0.327 e. The van der Waals surface area contributed by atoms with Gasteiger partial charge in [0.05, 0.1) is 13.0 Å². The normalized spacial score (nSPS) is 12.8. The van der Waals surface area contributed by atoms with E-state index in [1.54, 1.807) is 0 Å². The molecule has 0 radical (unpaired) electrons. The monoisotopic (exact) mass is 352 g/mol. The number of carbonyl (C=O) groups is 2. The van der Waals surface area contributed by atoms with Crippen LogP contribution in [0.2, 0.25) is 0 Å². The molecule has 7 nitrogen and oxygen atoms in total. The van der Waals surface area contributed by atoms with Crippen molar-refractivity contribution < 1.29 is 32.4 Å². The minimum atomic E-state index is -4.78. The third-order valence-corrected chi connectivity index (χ3v) is 4.55. The van der Waals surface area contributed by atoms with Gasteiger partial charge in [-0.1, -0.05) is 58.3 Å². The van der Waals surface area contributed by atoms with E-state index in [9.17, 15) is 18.0 Å². The largest absolute Gasteiger partial charge is 0.481 e. The minimum absolute atomic E-state index is 0.0281. The summed E-state index contributed by atoms with van der Waals surface area (Å²) in [5, 5.41) is 6.50. The Kier molecular flexibility index (Phi) is 11.7. The van der Waals surface area contributed by atoms with Gasteiger partial charge in [-0.2, -0.15) is 8.42 Å². The molecule has 0 fully saturated rings. The molecule has 0 saturated carbocycles. The van der Waals surface area contributed by atoms with Gasteiger partial charge < -0.3 is 9.84 Å². The summed E-state index contributed by atoms with van der Waals surface area (Å²) in [4.78, 5) is 22.1. The second-order valence-corrected chi connectivity index (χ2v) is 7.20. The quantitative estimate of drug-likeness (QED) is 0.280. The Bertz CT molecular complexity index is 445. The van der Waals surface area contributed by atoms with E-state index >= 15 is 0 Å². The molecule has 0 saturated heterocycles. The second-order valence-electron chi connectivity index (χ2n) is 5.60. The van der Waals surface area contributed by atoms with Crippen LogP contribution in [0.25, 0.3) is 0 Å². The number of esters is 1.